The van der Waals surface area contributed by atoms with Gasteiger partial charge < -0.3 is 5.32 Å². The molecule has 1 aliphatic carbocycles. The summed E-state index contributed by atoms with van der Waals surface area (Å²) in [5.74, 6) is 0.171. The predicted octanol–water partition coefficient (Wildman–Crippen LogP) is 3.05. The van der Waals surface area contributed by atoms with Crippen molar-refractivity contribution in [3.05, 3.63) is 35.9 Å². The van der Waals surface area contributed by atoms with Crippen LogP contribution in [-0.4, -0.2) is 16.8 Å². The van der Waals surface area contributed by atoms with Gasteiger partial charge in [-0.25, -0.2) is 0 Å². The van der Waals surface area contributed by atoms with Crippen LogP contribution >= 0.6 is 15.9 Å². The molecule has 1 aromatic rings. The molecule has 0 spiro atoms. The summed E-state index contributed by atoms with van der Waals surface area (Å²) in [5, 5.41) is 3.11. The molecule has 1 aliphatic rings. The first kappa shape index (κ1) is 12.6. The summed E-state index contributed by atoms with van der Waals surface area (Å²) in [5.41, 5.74) is 1.23. The van der Waals surface area contributed by atoms with Gasteiger partial charge in [-0.1, -0.05) is 52.7 Å². The number of amides is 1. The summed E-state index contributed by atoms with van der Waals surface area (Å²) in [6.07, 6.45) is 4.89. The summed E-state index contributed by atoms with van der Waals surface area (Å²) in [6.45, 7) is 0. The molecule has 2 nitrogen and oxygen atoms in total. The van der Waals surface area contributed by atoms with E-state index in [2.05, 4.69) is 33.4 Å². The monoisotopic (exact) mass is 295 g/mol. The Morgan fingerprint density at radius 1 is 1.29 bits per heavy atom. The molecule has 0 saturated heterocycles. The van der Waals surface area contributed by atoms with E-state index in [4.69, 9.17) is 0 Å². The molecule has 1 N–H and O–H groups in total. The summed E-state index contributed by atoms with van der Waals surface area (Å²) in [4.78, 5) is 12.2. The molecular formula is C14H18BrNO. The third-order valence-electron chi connectivity index (χ3n) is 3.26. The van der Waals surface area contributed by atoms with E-state index < -0.39 is 0 Å². The van der Waals surface area contributed by atoms with Gasteiger partial charge in [-0.2, -0.15) is 0 Å². The highest BCUT2D eigenvalue weighted by Gasteiger charge is 2.25. The lowest BCUT2D eigenvalue weighted by atomic mass is 10.1. The van der Waals surface area contributed by atoms with Crippen molar-refractivity contribution in [2.24, 2.45) is 0 Å². The van der Waals surface area contributed by atoms with Gasteiger partial charge in [0.1, 0.15) is 0 Å². The highest BCUT2D eigenvalue weighted by atomic mass is 79.9. The van der Waals surface area contributed by atoms with Crippen LogP contribution in [0.5, 0.6) is 0 Å². The van der Waals surface area contributed by atoms with Gasteiger partial charge in [-0.3, -0.25) is 4.79 Å². The molecule has 0 aromatic heterocycles. The van der Waals surface area contributed by atoms with E-state index in [0.717, 1.165) is 12.8 Å². The van der Waals surface area contributed by atoms with Crippen LogP contribution in [0.3, 0.4) is 0 Å². The minimum absolute atomic E-state index is 0.171. The average Bonchev–Trinajstić information content (AvgIpc) is 2.74. The van der Waals surface area contributed by atoms with Crippen molar-refractivity contribution in [2.45, 2.75) is 43.0 Å². The lowest BCUT2D eigenvalue weighted by molar-refractivity contribution is -0.121. The quantitative estimate of drug-likeness (QED) is 0.850. The van der Waals surface area contributed by atoms with E-state index in [1.54, 1.807) is 0 Å². The predicted molar refractivity (Wildman–Crippen MR) is 73.3 cm³/mol. The van der Waals surface area contributed by atoms with E-state index in [-0.39, 0.29) is 5.91 Å². The first-order valence-electron chi connectivity index (χ1n) is 6.23. The fraction of sp³-hybridized carbons (Fsp3) is 0.500. The third-order valence-corrected chi connectivity index (χ3v) is 4.36. The van der Waals surface area contributed by atoms with E-state index in [9.17, 15) is 4.79 Å². The zero-order valence-corrected chi connectivity index (χ0v) is 11.4. The Balaban J connectivity index is 1.74. The maximum atomic E-state index is 11.8. The molecular weight excluding hydrogens is 278 g/mol. The zero-order chi connectivity index (χ0) is 12.1. The van der Waals surface area contributed by atoms with Crippen molar-refractivity contribution in [1.29, 1.82) is 0 Å². The smallest absolute Gasteiger partial charge is 0.220 e. The molecule has 2 atom stereocenters. The number of benzene rings is 1. The second kappa shape index (κ2) is 6.20. The first-order chi connectivity index (χ1) is 8.25. The maximum absolute atomic E-state index is 11.8. The van der Waals surface area contributed by atoms with Crippen LogP contribution in [0.4, 0.5) is 0 Å². The number of aryl methyl sites for hydroxylation is 1. The third kappa shape index (κ3) is 3.84. The molecule has 92 valence electrons. The Morgan fingerprint density at radius 2 is 2.06 bits per heavy atom. The molecule has 1 aromatic carbocycles. The Bertz CT molecular complexity index is 366. The number of carbonyl (C=O) groups excluding carboxylic acids is 1. The largest absolute Gasteiger partial charge is 0.352 e. The molecule has 1 amide bonds. The summed E-state index contributed by atoms with van der Waals surface area (Å²) in [7, 11) is 0. The van der Waals surface area contributed by atoms with Crippen molar-refractivity contribution >= 4 is 21.8 Å². The van der Waals surface area contributed by atoms with Crippen LogP contribution in [0.15, 0.2) is 30.3 Å². The Morgan fingerprint density at radius 3 is 2.71 bits per heavy atom. The lowest BCUT2D eigenvalue weighted by Gasteiger charge is -2.15. The molecule has 2 rings (SSSR count). The van der Waals surface area contributed by atoms with Crippen LogP contribution in [0.2, 0.25) is 0 Å². The molecule has 3 heteroatoms. The standard InChI is InChI=1S/C14H18BrNO/c15-12-7-4-8-13(12)16-14(17)10-9-11-5-2-1-3-6-11/h1-3,5-6,12-13H,4,7-10H2,(H,16,17). The van der Waals surface area contributed by atoms with Crippen molar-refractivity contribution in [3.63, 3.8) is 0 Å². The topological polar surface area (TPSA) is 29.1 Å². The number of alkyl halides is 1. The first-order valence-corrected chi connectivity index (χ1v) is 7.14. The fourth-order valence-electron chi connectivity index (χ4n) is 2.26. The van der Waals surface area contributed by atoms with Gasteiger partial charge in [-0.05, 0) is 24.8 Å². The van der Waals surface area contributed by atoms with Crippen LogP contribution in [0.1, 0.15) is 31.2 Å². The number of halogens is 1. The van der Waals surface area contributed by atoms with E-state index in [0.29, 0.717) is 17.3 Å². The summed E-state index contributed by atoms with van der Waals surface area (Å²) >= 11 is 3.61. The molecule has 0 heterocycles. The Labute approximate surface area is 111 Å². The van der Waals surface area contributed by atoms with Crippen molar-refractivity contribution in [1.82, 2.24) is 5.32 Å². The molecule has 17 heavy (non-hydrogen) atoms. The average molecular weight is 296 g/mol. The number of carbonyl (C=O) groups is 1. The minimum Gasteiger partial charge on any atom is -0.352 e. The van der Waals surface area contributed by atoms with Gasteiger partial charge in [0.15, 0.2) is 0 Å². The van der Waals surface area contributed by atoms with E-state index in [1.165, 1.54) is 18.4 Å². The normalized spacial score (nSPS) is 23.6. The van der Waals surface area contributed by atoms with Gasteiger partial charge >= 0.3 is 0 Å². The fourth-order valence-corrected chi connectivity index (χ4v) is 2.98. The molecule has 1 saturated carbocycles. The van der Waals surface area contributed by atoms with Gasteiger partial charge in [0, 0.05) is 17.3 Å². The maximum Gasteiger partial charge on any atom is 0.220 e. The van der Waals surface area contributed by atoms with E-state index in [1.807, 2.05) is 18.2 Å². The van der Waals surface area contributed by atoms with Crippen LogP contribution < -0.4 is 5.32 Å². The molecule has 0 bridgehead atoms. The van der Waals surface area contributed by atoms with Crippen molar-refractivity contribution in [3.8, 4) is 0 Å². The molecule has 0 radical (unpaired) electrons. The zero-order valence-electron chi connectivity index (χ0n) is 9.86. The minimum atomic E-state index is 0.171. The highest BCUT2D eigenvalue weighted by molar-refractivity contribution is 9.09. The van der Waals surface area contributed by atoms with Gasteiger partial charge in [0.2, 0.25) is 5.91 Å². The number of nitrogens with one attached hydrogen (secondary N) is 1. The second-order valence-corrected chi connectivity index (χ2v) is 5.78. The van der Waals surface area contributed by atoms with Gasteiger partial charge in [0.05, 0.1) is 0 Å². The van der Waals surface area contributed by atoms with Crippen molar-refractivity contribution in [2.75, 3.05) is 0 Å². The lowest BCUT2D eigenvalue weighted by Crippen LogP contribution is -2.37. The van der Waals surface area contributed by atoms with Gasteiger partial charge in [-0.15, -0.1) is 0 Å². The Kier molecular flexibility index (Phi) is 4.60. The Hall–Kier alpha value is -0.830. The molecule has 0 aliphatic heterocycles. The number of hydrogen-bond acceptors (Lipinski definition) is 1. The summed E-state index contributed by atoms with van der Waals surface area (Å²) in [6, 6.07) is 10.5. The number of hydrogen-bond donors (Lipinski definition) is 1. The second-order valence-electron chi connectivity index (χ2n) is 4.61. The van der Waals surface area contributed by atoms with Crippen molar-refractivity contribution < 1.29 is 4.79 Å². The highest BCUT2D eigenvalue weighted by Crippen LogP contribution is 2.25. The molecule has 1 fully saturated rings. The molecule has 2 unspecified atom stereocenters. The SMILES string of the molecule is O=C(CCc1ccccc1)NC1CCCC1Br. The number of rotatable bonds is 4. The van der Waals surface area contributed by atoms with Crippen LogP contribution in [-0.2, 0) is 11.2 Å². The van der Waals surface area contributed by atoms with Gasteiger partial charge in [0.25, 0.3) is 0 Å². The summed E-state index contributed by atoms with van der Waals surface area (Å²) < 4.78 is 0. The van der Waals surface area contributed by atoms with E-state index >= 15 is 0 Å². The van der Waals surface area contributed by atoms with Crippen LogP contribution in [0.25, 0.3) is 0 Å². The van der Waals surface area contributed by atoms with Crippen LogP contribution in [0, 0.1) is 0 Å².